The summed E-state index contributed by atoms with van der Waals surface area (Å²) in [4.78, 5) is 46.0. The summed E-state index contributed by atoms with van der Waals surface area (Å²) in [5.74, 6) is 0.229. The van der Waals surface area contributed by atoms with Gasteiger partial charge < -0.3 is 19.7 Å². The SMILES string of the molecule is C[C@@H](c1nc2ccccc2s1)N(C)C(=O)CN1C(=O)N[C@@](C)(c2ccc3c(c2)OCO3)C1=O. The van der Waals surface area contributed by atoms with E-state index in [1.807, 2.05) is 31.2 Å². The molecule has 3 heterocycles. The zero-order chi connectivity index (χ0) is 23.3. The van der Waals surface area contributed by atoms with Crippen LogP contribution in [0.1, 0.15) is 30.5 Å². The number of fused-ring (bicyclic) bond motifs is 2. The van der Waals surface area contributed by atoms with E-state index >= 15 is 0 Å². The van der Waals surface area contributed by atoms with Crippen molar-refractivity contribution in [2.45, 2.75) is 25.4 Å². The van der Waals surface area contributed by atoms with E-state index in [2.05, 4.69) is 10.3 Å². The van der Waals surface area contributed by atoms with Gasteiger partial charge in [-0.15, -0.1) is 11.3 Å². The Balaban J connectivity index is 1.32. The van der Waals surface area contributed by atoms with Crippen molar-refractivity contribution in [3.05, 3.63) is 53.0 Å². The van der Waals surface area contributed by atoms with Gasteiger partial charge in [-0.3, -0.25) is 14.5 Å². The van der Waals surface area contributed by atoms with Crippen LogP contribution < -0.4 is 14.8 Å². The van der Waals surface area contributed by atoms with Crippen molar-refractivity contribution in [1.29, 1.82) is 0 Å². The zero-order valence-electron chi connectivity index (χ0n) is 18.3. The van der Waals surface area contributed by atoms with Crippen LogP contribution in [0.3, 0.4) is 0 Å². The lowest BCUT2D eigenvalue weighted by atomic mass is 9.91. The van der Waals surface area contributed by atoms with E-state index in [9.17, 15) is 14.4 Å². The molecule has 0 aliphatic carbocycles. The first-order valence-electron chi connectivity index (χ1n) is 10.4. The second-order valence-corrected chi connectivity index (χ2v) is 9.28. The van der Waals surface area contributed by atoms with Gasteiger partial charge in [0.05, 0.1) is 16.3 Å². The molecule has 0 bridgehead atoms. The van der Waals surface area contributed by atoms with Crippen LogP contribution in [-0.4, -0.2) is 53.0 Å². The molecule has 33 heavy (non-hydrogen) atoms. The fraction of sp³-hybridized carbons (Fsp3) is 0.304. The minimum absolute atomic E-state index is 0.107. The van der Waals surface area contributed by atoms with Crippen LogP contribution in [-0.2, 0) is 15.1 Å². The van der Waals surface area contributed by atoms with E-state index in [-0.39, 0.29) is 25.3 Å². The highest BCUT2D eigenvalue weighted by atomic mass is 32.1. The van der Waals surface area contributed by atoms with E-state index < -0.39 is 17.5 Å². The Labute approximate surface area is 193 Å². The van der Waals surface area contributed by atoms with Crippen molar-refractivity contribution >= 4 is 39.4 Å². The number of benzene rings is 2. The van der Waals surface area contributed by atoms with Gasteiger partial charge in [-0.25, -0.2) is 9.78 Å². The first-order chi connectivity index (χ1) is 15.8. The third-order valence-electron chi connectivity index (χ3n) is 6.16. The number of hydrogen-bond acceptors (Lipinski definition) is 7. The Kier molecular flexibility index (Phi) is 4.97. The molecule has 10 heteroatoms. The third kappa shape index (κ3) is 3.46. The van der Waals surface area contributed by atoms with Crippen LogP contribution in [0.2, 0.25) is 0 Å². The van der Waals surface area contributed by atoms with Crippen LogP contribution in [0, 0.1) is 0 Å². The predicted molar refractivity (Wildman–Crippen MR) is 121 cm³/mol. The fourth-order valence-corrected chi connectivity index (χ4v) is 5.00. The van der Waals surface area contributed by atoms with E-state index in [0.717, 1.165) is 20.1 Å². The summed E-state index contributed by atoms with van der Waals surface area (Å²) in [6.07, 6.45) is 0. The first-order valence-corrected chi connectivity index (χ1v) is 11.2. The van der Waals surface area contributed by atoms with Crippen LogP contribution in [0.4, 0.5) is 4.79 Å². The average molecular weight is 467 g/mol. The maximum atomic E-state index is 13.2. The molecule has 1 N–H and O–H groups in total. The van der Waals surface area contributed by atoms with E-state index in [1.54, 1.807) is 32.2 Å². The number of para-hydroxylation sites is 1. The summed E-state index contributed by atoms with van der Waals surface area (Å²) < 4.78 is 11.7. The zero-order valence-corrected chi connectivity index (χ0v) is 19.1. The van der Waals surface area contributed by atoms with Crippen LogP contribution in [0.5, 0.6) is 11.5 Å². The number of ether oxygens (including phenoxy) is 2. The summed E-state index contributed by atoms with van der Waals surface area (Å²) in [6, 6.07) is 11.9. The van der Waals surface area contributed by atoms with Crippen LogP contribution in [0.25, 0.3) is 10.2 Å². The summed E-state index contributed by atoms with van der Waals surface area (Å²) >= 11 is 1.51. The van der Waals surface area contributed by atoms with Crippen molar-refractivity contribution in [2.24, 2.45) is 0 Å². The third-order valence-corrected chi connectivity index (χ3v) is 7.37. The molecule has 0 saturated carbocycles. The van der Waals surface area contributed by atoms with Crippen LogP contribution >= 0.6 is 11.3 Å². The first kappa shape index (κ1) is 21.2. The van der Waals surface area contributed by atoms with Gasteiger partial charge in [-0.2, -0.15) is 0 Å². The minimum atomic E-state index is -1.31. The fourth-order valence-electron chi connectivity index (χ4n) is 3.94. The van der Waals surface area contributed by atoms with Gasteiger partial charge >= 0.3 is 6.03 Å². The molecule has 5 rings (SSSR count). The maximum absolute atomic E-state index is 13.2. The number of amides is 4. The van der Waals surface area contributed by atoms with Gasteiger partial charge in [0.15, 0.2) is 11.5 Å². The quantitative estimate of drug-likeness (QED) is 0.580. The van der Waals surface area contributed by atoms with Gasteiger partial charge in [0.1, 0.15) is 17.1 Å². The van der Waals surface area contributed by atoms with Crippen molar-refractivity contribution < 1.29 is 23.9 Å². The molecule has 170 valence electrons. The van der Waals surface area contributed by atoms with Crippen molar-refractivity contribution in [3.8, 4) is 11.5 Å². The number of carbonyl (C=O) groups is 3. The number of carbonyl (C=O) groups excluding carboxylic acids is 3. The average Bonchev–Trinajstić information content (AvgIpc) is 3.51. The van der Waals surface area contributed by atoms with E-state index in [1.165, 1.54) is 16.2 Å². The van der Waals surface area contributed by atoms with Crippen molar-refractivity contribution in [1.82, 2.24) is 20.1 Å². The molecule has 2 aliphatic rings. The summed E-state index contributed by atoms with van der Waals surface area (Å²) in [5, 5.41) is 3.51. The number of nitrogens with zero attached hydrogens (tertiary/aromatic N) is 3. The monoisotopic (exact) mass is 466 g/mol. The summed E-state index contributed by atoms with van der Waals surface area (Å²) in [5.41, 5.74) is 0.116. The smallest absolute Gasteiger partial charge is 0.325 e. The normalized spacial score (nSPS) is 20.3. The van der Waals surface area contributed by atoms with Gasteiger partial charge in [-0.1, -0.05) is 18.2 Å². The molecule has 2 aliphatic heterocycles. The molecular weight excluding hydrogens is 444 g/mol. The van der Waals surface area contributed by atoms with Crippen LogP contribution in [0.15, 0.2) is 42.5 Å². The minimum Gasteiger partial charge on any atom is -0.454 e. The standard InChI is InChI=1S/C23H22N4O5S/c1-13(20-24-15-6-4-5-7-18(15)33-20)26(3)19(28)11-27-21(29)23(2,25-22(27)30)14-8-9-16-17(10-14)32-12-31-16/h4-10,13H,11-12H2,1-3H3,(H,25,30)/t13-,23-/m0/s1. The molecule has 0 spiro atoms. The van der Waals surface area contributed by atoms with Gasteiger partial charge in [0, 0.05) is 7.05 Å². The lowest BCUT2D eigenvalue weighted by molar-refractivity contribution is -0.139. The molecule has 3 aromatic rings. The van der Waals surface area contributed by atoms with Gasteiger partial charge in [-0.05, 0) is 43.7 Å². The van der Waals surface area contributed by atoms with E-state index in [0.29, 0.717) is 17.1 Å². The number of aromatic nitrogens is 1. The van der Waals surface area contributed by atoms with Crippen molar-refractivity contribution in [3.63, 3.8) is 0 Å². The molecule has 1 saturated heterocycles. The van der Waals surface area contributed by atoms with Gasteiger partial charge in [0.2, 0.25) is 12.7 Å². The molecule has 4 amide bonds. The Hall–Kier alpha value is -3.66. The van der Waals surface area contributed by atoms with Gasteiger partial charge in [0.25, 0.3) is 5.91 Å². The molecule has 1 fully saturated rings. The summed E-state index contributed by atoms with van der Waals surface area (Å²) in [6.45, 7) is 3.23. The summed E-state index contributed by atoms with van der Waals surface area (Å²) in [7, 11) is 1.65. The Morgan fingerprint density at radius 3 is 2.79 bits per heavy atom. The number of hydrogen-bond donors (Lipinski definition) is 1. The highest BCUT2D eigenvalue weighted by Gasteiger charge is 2.50. The largest absolute Gasteiger partial charge is 0.454 e. The molecule has 2 atom stereocenters. The van der Waals surface area contributed by atoms with E-state index in [4.69, 9.17) is 9.47 Å². The number of likely N-dealkylation sites (N-methyl/N-ethyl adjacent to an activating group) is 1. The lowest BCUT2D eigenvalue weighted by Gasteiger charge is -2.26. The highest BCUT2D eigenvalue weighted by Crippen LogP contribution is 2.38. The number of thiazole rings is 1. The topological polar surface area (TPSA) is 101 Å². The predicted octanol–water partition coefficient (Wildman–Crippen LogP) is 3.01. The molecule has 9 nitrogen and oxygen atoms in total. The number of rotatable bonds is 5. The second kappa shape index (κ2) is 7.73. The Bertz CT molecular complexity index is 1260. The lowest BCUT2D eigenvalue weighted by Crippen LogP contribution is -2.44. The maximum Gasteiger partial charge on any atom is 0.325 e. The second-order valence-electron chi connectivity index (χ2n) is 8.21. The number of nitrogens with one attached hydrogen (secondary N) is 1. The van der Waals surface area contributed by atoms with Crippen molar-refractivity contribution in [2.75, 3.05) is 20.4 Å². The number of urea groups is 1. The molecule has 0 unspecified atom stereocenters. The molecule has 0 radical (unpaired) electrons. The molecule has 1 aromatic heterocycles. The Morgan fingerprint density at radius 2 is 2.00 bits per heavy atom. The molecule has 2 aromatic carbocycles. The number of imide groups is 1. The Morgan fingerprint density at radius 1 is 1.24 bits per heavy atom. The highest BCUT2D eigenvalue weighted by molar-refractivity contribution is 7.18. The molecular formula is C23H22N4O5S.